The molecule has 0 radical (unpaired) electrons. The number of carbonyl (C=O) groups is 2. The number of amides is 2. The van der Waals surface area contributed by atoms with Gasteiger partial charge >= 0.3 is 0 Å². The second-order valence-electron chi connectivity index (χ2n) is 4.46. The first-order valence-electron chi connectivity index (χ1n) is 6.26. The van der Waals surface area contributed by atoms with Gasteiger partial charge in [-0.15, -0.1) is 0 Å². The molecular formula is C12H22N2O3. The van der Waals surface area contributed by atoms with Crippen molar-refractivity contribution < 1.29 is 14.3 Å². The predicted molar refractivity (Wildman–Crippen MR) is 64.5 cm³/mol. The van der Waals surface area contributed by atoms with E-state index in [1.165, 1.54) is 0 Å². The van der Waals surface area contributed by atoms with Crippen molar-refractivity contribution in [2.24, 2.45) is 0 Å². The Balaban J connectivity index is 2.37. The summed E-state index contributed by atoms with van der Waals surface area (Å²) < 4.78 is 5.08. The Bertz CT molecular complexity index is 268. The fourth-order valence-electron chi connectivity index (χ4n) is 1.96. The molecule has 98 valence electrons. The highest BCUT2D eigenvalue weighted by atomic mass is 16.5. The molecule has 5 heteroatoms. The molecule has 0 aromatic rings. The Hall–Kier alpha value is -1.10. The molecule has 0 aromatic heterocycles. The topological polar surface area (TPSA) is 67.4 Å². The van der Waals surface area contributed by atoms with Gasteiger partial charge in [0.05, 0.1) is 12.6 Å². The van der Waals surface area contributed by atoms with Crippen LogP contribution in [0.2, 0.25) is 0 Å². The van der Waals surface area contributed by atoms with E-state index >= 15 is 0 Å². The second-order valence-corrected chi connectivity index (χ2v) is 4.46. The number of nitrogens with one attached hydrogen (secondary N) is 2. The minimum absolute atomic E-state index is 0.0398. The number of unbranched alkanes of at least 4 members (excludes halogenated alkanes) is 1. The van der Waals surface area contributed by atoms with Crippen LogP contribution in [0.15, 0.2) is 0 Å². The molecule has 1 unspecified atom stereocenters. The van der Waals surface area contributed by atoms with Crippen molar-refractivity contribution in [2.75, 3.05) is 13.7 Å². The summed E-state index contributed by atoms with van der Waals surface area (Å²) in [6, 6.07) is -0.312. The molecule has 1 fully saturated rings. The van der Waals surface area contributed by atoms with E-state index in [9.17, 15) is 9.59 Å². The van der Waals surface area contributed by atoms with Gasteiger partial charge in [-0.3, -0.25) is 9.59 Å². The van der Waals surface area contributed by atoms with Crippen LogP contribution in [-0.2, 0) is 14.3 Å². The SMILES string of the molecule is CCCCC(COC)NC(=O)[C@H]1CCC(=O)N1. The lowest BCUT2D eigenvalue weighted by Crippen LogP contribution is -2.47. The van der Waals surface area contributed by atoms with Crippen molar-refractivity contribution in [2.45, 2.75) is 51.1 Å². The summed E-state index contributed by atoms with van der Waals surface area (Å²) in [5.41, 5.74) is 0. The highest BCUT2D eigenvalue weighted by Gasteiger charge is 2.28. The van der Waals surface area contributed by atoms with E-state index in [2.05, 4.69) is 17.6 Å². The predicted octanol–water partition coefficient (Wildman–Crippen LogP) is 0.586. The zero-order valence-electron chi connectivity index (χ0n) is 10.6. The van der Waals surface area contributed by atoms with E-state index in [-0.39, 0.29) is 23.9 Å². The molecule has 1 rings (SSSR count). The van der Waals surface area contributed by atoms with Crippen LogP contribution < -0.4 is 10.6 Å². The van der Waals surface area contributed by atoms with Crippen molar-refractivity contribution in [1.29, 1.82) is 0 Å². The van der Waals surface area contributed by atoms with E-state index in [4.69, 9.17) is 4.74 Å². The third-order valence-electron chi connectivity index (χ3n) is 2.93. The van der Waals surface area contributed by atoms with Crippen LogP contribution in [0.25, 0.3) is 0 Å². The zero-order valence-corrected chi connectivity index (χ0v) is 10.6. The van der Waals surface area contributed by atoms with Crippen LogP contribution in [0.5, 0.6) is 0 Å². The Morgan fingerprint density at radius 2 is 2.41 bits per heavy atom. The molecule has 0 aromatic carbocycles. The van der Waals surface area contributed by atoms with Crippen molar-refractivity contribution in [1.82, 2.24) is 10.6 Å². The van der Waals surface area contributed by atoms with Crippen LogP contribution in [0.4, 0.5) is 0 Å². The average molecular weight is 242 g/mol. The Morgan fingerprint density at radius 3 is 2.94 bits per heavy atom. The van der Waals surface area contributed by atoms with E-state index in [0.29, 0.717) is 19.4 Å². The lowest BCUT2D eigenvalue weighted by molar-refractivity contribution is -0.126. The molecule has 1 saturated heterocycles. The summed E-state index contributed by atoms with van der Waals surface area (Å²) in [5, 5.41) is 5.60. The van der Waals surface area contributed by atoms with E-state index in [1.54, 1.807) is 7.11 Å². The third-order valence-corrected chi connectivity index (χ3v) is 2.93. The highest BCUT2D eigenvalue weighted by Crippen LogP contribution is 2.08. The smallest absolute Gasteiger partial charge is 0.242 e. The van der Waals surface area contributed by atoms with Crippen LogP contribution in [0.3, 0.4) is 0 Å². The van der Waals surface area contributed by atoms with Gasteiger partial charge in [0.15, 0.2) is 0 Å². The van der Waals surface area contributed by atoms with Crippen molar-refractivity contribution in [3.05, 3.63) is 0 Å². The maximum absolute atomic E-state index is 11.9. The maximum Gasteiger partial charge on any atom is 0.242 e. The fourth-order valence-corrected chi connectivity index (χ4v) is 1.96. The van der Waals surface area contributed by atoms with Gasteiger partial charge < -0.3 is 15.4 Å². The first-order chi connectivity index (χ1) is 8.17. The first-order valence-corrected chi connectivity index (χ1v) is 6.26. The second kappa shape index (κ2) is 7.27. The molecule has 0 aliphatic carbocycles. The summed E-state index contributed by atoms with van der Waals surface area (Å²) >= 11 is 0. The van der Waals surface area contributed by atoms with Gasteiger partial charge in [0.2, 0.25) is 11.8 Å². The van der Waals surface area contributed by atoms with E-state index in [0.717, 1.165) is 19.3 Å². The van der Waals surface area contributed by atoms with Gasteiger partial charge in [-0.1, -0.05) is 19.8 Å². The lowest BCUT2D eigenvalue weighted by atomic mass is 10.1. The van der Waals surface area contributed by atoms with Gasteiger partial charge in [0.1, 0.15) is 6.04 Å². The summed E-state index contributed by atoms with van der Waals surface area (Å²) in [4.78, 5) is 22.9. The number of hydrogen-bond acceptors (Lipinski definition) is 3. The molecule has 0 bridgehead atoms. The summed E-state index contributed by atoms with van der Waals surface area (Å²) in [6.45, 7) is 2.63. The number of rotatable bonds is 7. The number of methoxy groups -OCH3 is 1. The van der Waals surface area contributed by atoms with Crippen molar-refractivity contribution >= 4 is 11.8 Å². The summed E-state index contributed by atoms with van der Waals surface area (Å²) in [7, 11) is 1.63. The molecule has 2 N–H and O–H groups in total. The minimum atomic E-state index is -0.358. The molecular weight excluding hydrogens is 220 g/mol. The van der Waals surface area contributed by atoms with Gasteiger partial charge in [-0.25, -0.2) is 0 Å². The molecule has 2 amide bonds. The average Bonchev–Trinajstić information content (AvgIpc) is 2.73. The molecule has 1 heterocycles. The molecule has 2 atom stereocenters. The highest BCUT2D eigenvalue weighted by molar-refractivity contribution is 5.90. The number of ether oxygens (including phenoxy) is 1. The Morgan fingerprint density at radius 1 is 1.65 bits per heavy atom. The molecule has 0 spiro atoms. The third kappa shape index (κ3) is 4.73. The standard InChI is InChI=1S/C12H22N2O3/c1-3-4-5-9(8-17-2)13-12(16)10-6-7-11(15)14-10/h9-10H,3-8H2,1-2H3,(H,13,16)(H,14,15)/t9?,10-/m1/s1. The van der Waals surface area contributed by atoms with Gasteiger partial charge in [0, 0.05) is 13.5 Å². The summed E-state index contributed by atoms with van der Waals surface area (Å²) in [6.07, 6.45) is 4.11. The molecule has 1 aliphatic heterocycles. The Kier molecular flexibility index (Phi) is 5.97. The maximum atomic E-state index is 11.9. The Labute approximate surface area is 102 Å². The zero-order chi connectivity index (χ0) is 12.7. The summed E-state index contributed by atoms with van der Waals surface area (Å²) in [5.74, 6) is -0.129. The normalized spacial score (nSPS) is 21.1. The quantitative estimate of drug-likeness (QED) is 0.686. The fraction of sp³-hybridized carbons (Fsp3) is 0.833. The van der Waals surface area contributed by atoms with Crippen LogP contribution >= 0.6 is 0 Å². The van der Waals surface area contributed by atoms with Crippen LogP contribution in [0.1, 0.15) is 39.0 Å². The largest absolute Gasteiger partial charge is 0.383 e. The van der Waals surface area contributed by atoms with Gasteiger partial charge in [0.25, 0.3) is 0 Å². The number of carbonyl (C=O) groups excluding carboxylic acids is 2. The van der Waals surface area contributed by atoms with Crippen molar-refractivity contribution in [3.8, 4) is 0 Å². The van der Waals surface area contributed by atoms with Crippen LogP contribution in [0, 0.1) is 0 Å². The van der Waals surface area contributed by atoms with E-state index in [1.807, 2.05) is 0 Å². The monoisotopic (exact) mass is 242 g/mol. The van der Waals surface area contributed by atoms with Gasteiger partial charge in [-0.05, 0) is 12.8 Å². The van der Waals surface area contributed by atoms with Crippen LogP contribution in [-0.4, -0.2) is 37.6 Å². The molecule has 5 nitrogen and oxygen atoms in total. The van der Waals surface area contributed by atoms with E-state index < -0.39 is 0 Å². The number of hydrogen-bond donors (Lipinski definition) is 2. The lowest BCUT2D eigenvalue weighted by Gasteiger charge is -2.20. The molecule has 1 aliphatic rings. The van der Waals surface area contributed by atoms with Crippen molar-refractivity contribution in [3.63, 3.8) is 0 Å². The first kappa shape index (κ1) is 14.0. The molecule has 17 heavy (non-hydrogen) atoms. The minimum Gasteiger partial charge on any atom is -0.383 e. The molecule has 0 saturated carbocycles. The van der Waals surface area contributed by atoms with Gasteiger partial charge in [-0.2, -0.15) is 0 Å².